The van der Waals surface area contributed by atoms with Crippen LogP contribution >= 0.6 is 0 Å². The number of carboxylic acid groups (broad SMARTS) is 2. The van der Waals surface area contributed by atoms with Crippen LogP contribution in [-0.2, 0) is 17.8 Å². The SMILES string of the molecule is O=C(O)CCC1Cc2ccccc2N(Cc2nc(C(=O)O)co2)C1. The van der Waals surface area contributed by atoms with Crippen molar-refractivity contribution >= 4 is 17.6 Å². The summed E-state index contributed by atoms with van der Waals surface area (Å²) in [5, 5.41) is 17.8. The zero-order chi connectivity index (χ0) is 17.1. The Kier molecular flexibility index (Phi) is 4.50. The van der Waals surface area contributed by atoms with Crippen LogP contribution in [0.5, 0.6) is 0 Å². The molecule has 0 saturated heterocycles. The van der Waals surface area contributed by atoms with Crippen molar-refractivity contribution in [3.63, 3.8) is 0 Å². The van der Waals surface area contributed by atoms with Crippen molar-refractivity contribution in [1.82, 2.24) is 4.98 Å². The standard InChI is InChI=1S/C17H18N2O5/c20-16(21)6-5-11-7-12-3-1-2-4-14(12)19(8-11)9-15-18-13(10-24-15)17(22)23/h1-4,10-11H,5-9H2,(H,20,21)(H,22,23). The molecule has 0 fully saturated rings. The number of nitrogens with zero attached hydrogens (tertiary/aromatic N) is 2. The molecule has 2 N–H and O–H groups in total. The van der Waals surface area contributed by atoms with Crippen molar-refractivity contribution < 1.29 is 24.2 Å². The molecule has 1 aliphatic heterocycles. The third kappa shape index (κ3) is 3.56. The summed E-state index contributed by atoms with van der Waals surface area (Å²) in [7, 11) is 0. The van der Waals surface area contributed by atoms with E-state index in [1.165, 1.54) is 0 Å². The molecule has 3 rings (SSSR count). The predicted molar refractivity (Wildman–Crippen MR) is 85.0 cm³/mol. The Morgan fingerprint density at radius 3 is 2.79 bits per heavy atom. The van der Waals surface area contributed by atoms with Crippen LogP contribution in [0, 0.1) is 5.92 Å². The number of carbonyl (C=O) groups is 2. The third-order valence-electron chi connectivity index (χ3n) is 4.18. The van der Waals surface area contributed by atoms with E-state index in [4.69, 9.17) is 14.6 Å². The lowest BCUT2D eigenvalue weighted by molar-refractivity contribution is -0.137. The maximum Gasteiger partial charge on any atom is 0.357 e. The van der Waals surface area contributed by atoms with Crippen molar-refractivity contribution in [3.05, 3.63) is 47.7 Å². The number of para-hydroxylation sites is 1. The Morgan fingerprint density at radius 1 is 1.29 bits per heavy atom. The molecule has 0 amide bonds. The number of oxazole rings is 1. The molecule has 1 unspecified atom stereocenters. The lowest BCUT2D eigenvalue weighted by Gasteiger charge is -2.35. The van der Waals surface area contributed by atoms with Gasteiger partial charge in [-0.2, -0.15) is 0 Å². The third-order valence-corrected chi connectivity index (χ3v) is 4.18. The average Bonchev–Trinajstić information content (AvgIpc) is 3.02. The number of anilines is 1. The number of fused-ring (bicyclic) bond motifs is 1. The first-order chi connectivity index (χ1) is 11.5. The predicted octanol–water partition coefficient (Wildman–Crippen LogP) is 2.42. The van der Waals surface area contributed by atoms with Crippen molar-refractivity contribution in [2.24, 2.45) is 5.92 Å². The summed E-state index contributed by atoms with van der Waals surface area (Å²) in [6.07, 6.45) is 2.72. The van der Waals surface area contributed by atoms with Gasteiger partial charge in [-0.25, -0.2) is 9.78 Å². The maximum atomic E-state index is 10.9. The van der Waals surface area contributed by atoms with E-state index in [1.807, 2.05) is 24.3 Å². The summed E-state index contributed by atoms with van der Waals surface area (Å²) >= 11 is 0. The van der Waals surface area contributed by atoms with Gasteiger partial charge >= 0.3 is 11.9 Å². The second-order valence-electron chi connectivity index (χ2n) is 5.94. The van der Waals surface area contributed by atoms with Crippen LogP contribution in [0.2, 0.25) is 0 Å². The van der Waals surface area contributed by atoms with Crippen molar-refractivity contribution in [1.29, 1.82) is 0 Å². The summed E-state index contributed by atoms with van der Waals surface area (Å²) in [4.78, 5) is 27.8. The first-order valence-electron chi connectivity index (χ1n) is 7.75. The van der Waals surface area contributed by atoms with E-state index in [1.54, 1.807) is 0 Å². The number of hydrogen-bond donors (Lipinski definition) is 2. The summed E-state index contributed by atoms with van der Waals surface area (Å²) in [6.45, 7) is 1.04. The molecular weight excluding hydrogens is 312 g/mol. The molecule has 2 heterocycles. The Labute approximate surface area is 138 Å². The van der Waals surface area contributed by atoms with Gasteiger partial charge in [0.25, 0.3) is 0 Å². The van der Waals surface area contributed by atoms with Crippen LogP contribution in [0.1, 0.15) is 34.8 Å². The number of aromatic carboxylic acids is 1. The zero-order valence-corrected chi connectivity index (χ0v) is 13.0. The smallest absolute Gasteiger partial charge is 0.357 e. The van der Waals surface area contributed by atoms with Gasteiger partial charge in [0.15, 0.2) is 5.69 Å². The van der Waals surface area contributed by atoms with Crippen LogP contribution in [0.3, 0.4) is 0 Å². The van der Waals surface area contributed by atoms with Crippen LogP contribution in [0.15, 0.2) is 34.9 Å². The summed E-state index contributed by atoms with van der Waals surface area (Å²) in [5.41, 5.74) is 2.10. The van der Waals surface area contributed by atoms with E-state index < -0.39 is 11.9 Å². The van der Waals surface area contributed by atoms with E-state index in [9.17, 15) is 9.59 Å². The number of benzene rings is 1. The Hall–Kier alpha value is -2.83. The minimum Gasteiger partial charge on any atom is -0.481 e. The first kappa shape index (κ1) is 16.0. The lowest BCUT2D eigenvalue weighted by Crippen LogP contribution is -2.35. The fourth-order valence-corrected chi connectivity index (χ4v) is 3.09. The van der Waals surface area contributed by atoms with E-state index in [0.717, 1.165) is 23.9 Å². The van der Waals surface area contributed by atoms with E-state index >= 15 is 0 Å². The zero-order valence-electron chi connectivity index (χ0n) is 13.0. The highest BCUT2D eigenvalue weighted by atomic mass is 16.4. The van der Waals surface area contributed by atoms with Gasteiger partial charge in [0.2, 0.25) is 5.89 Å². The molecule has 1 aromatic heterocycles. The molecule has 0 radical (unpaired) electrons. The molecule has 1 aromatic carbocycles. The van der Waals surface area contributed by atoms with Gasteiger partial charge in [0.1, 0.15) is 6.26 Å². The average molecular weight is 330 g/mol. The highest BCUT2D eigenvalue weighted by Crippen LogP contribution is 2.32. The topological polar surface area (TPSA) is 104 Å². The fourth-order valence-electron chi connectivity index (χ4n) is 3.09. The van der Waals surface area contributed by atoms with Gasteiger partial charge in [-0.3, -0.25) is 4.79 Å². The molecule has 24 heavy (non-hydrogen) atoms. The minimum atomic E-state index is -1.12. The highest BCUT2D eigenvalue weighted by molar-refractivity contribution is 5.84. The second-order valence-corrected chi connectivity index (χ2v) is 5.94. The minimum absolute atomic E-state index is 0.113. The Morgan fingerprint density at radius 2 is 2.08 bits per heavy atom. The molecule has 2 aromatic rings. The molecule has 0 spiro atoms. The first-order valence-corrected chi connectivity index (χ1v) is 7.75. The Balaban J connectivity index is 1.79. The highest BCUT2D eigenvalue weighted by Gasteiger charge is 2.26. The van der Waals surface area contributed by atoms with Gasteiger partial charge in [0.05, 0.1) is 6.54 Å². The van der Waals surface area contributed by atoms with Crippen LogP contribution in [0.25, 0.3) is 0 Å². The van der Waals surface area contributed by atoms with E-state index in [2.05, 4.69) is 9.88 Å². The summed E-state index contributed by atoms with van der Waals surface area (Å²) in [5.74, 6) is -1.35. The van der Waals surface area contributed by atoms with Gasteiger partial charge in [-0.15, -0.1) is 0 Å². The molecule has 0 aliphatic carbocycles. The van der Waals surface area contributed by atoms with Crippen molar-refractivity contribution in [3.8, 4) is 0 Å². The molecule has 126 valence electrons. The fraction of sp³-hybridized carbons (Fsp3) is 0.353. The molecule has 0 saturated carbocycles. The maximum absolute atomic E-state index is 10.9. The quantitative estimate of drug-likeness (QED) is 0.838. The van der Waals surface area contributed by atoms with Crippen LogP contribution < -0.4 is 4.90 Å². The second kappa shape index (κ2) is 6.74. The lowest BCUT2D eigenvalue weighted by atomic mass is 9.89. The summed E-state index contributed by atoms with van der Waals surface area (Å²) < 4.78 is 5.25. The van der Waals surface area contributed by atoms with E-state index in [-0.39, 0.29) is 18.0 Å². The molecule has 1 atom stereocenters. The molecular formula is C17H18N2O5. The molecule has 0 bridgehead atoms. The van der Waals surface area contributed by atoms with Gasteiger partial charge < -0.3 is 19.5 Å². The number of carboxylic acids is 2. The number of aromatic nitrogens is 1. The van der Waals surface area contributed by atoms with Crippen molar-refractivity contribution in [2.75, 3.05) is 11.4 Å². The monoisotopic (exact) mass is 330 g/mol. The largest absolute Gasteiger partial charge is 0.481 e. The van der Waals surface area contributed by atoms with Crippen LogP contribution in [-0.4, -0.2) is 33.7 Å². The van der Waals surface area contributed by atoms with Crippen LogP contribution in [0.4, 0.5) is 5.69 Å². The molecule has 1 aliphatic rings. The molecule has 7 nitrogen and oxygen atoms in total. The number of rotatable bonds is 6. The van der Waals surface area contributed by atoms with E-state index in [0.29, 0.717) is 25.4 Å². The van der Waals surface area contributed by atoms with Crippen molar-refractivity contribution in [2.45, 2.75) is 25.8 Å². The number of aliphatic carboxylic acids is 1. The van der Waals surface area contributed by atoms with Gasteiger partial charge in [-0.1, -0.05) is 18.2 Å². The normalized spacial score (nSPS) is 16.7. The Bertz CT molecular complexity index is 755. The van der Waals surface area contributed by atoms with Gasteiger partial charge in [-0.05, 0) is 30.4 Å². The summed E-state index contributed by atoms with van der Waals surface area (Å²) in [6, 6.07) is 7.95. The molecule has 7 heteroatoms. The van der Waals surface area contributed by atoms with Gasteiger partial charge in [0, 0.05) is 18.7 Å². The number of hydrogen-bond acceptors (Lipinski definition) is 5.